The second kappa shape index (κ2) is 10.4. The maximum Gasteiger partial charge on any atom is 0.337 e. The molecule has 0 unspecified atom stereocenters. The van der Waals surface area contributed by atoms with Crippen molar-refractivity contribution in [2.75, 3.05) is 19.5 Å². The minimum Gasteiger partial charge on any atom is -0.465 e. The minimum absolute atomic E-state index is 0.0991. The number of rotatable bonds is 6. The van der Waals surface area contributed by atoms with E-state index < -0.39 is 17.8 Å². The third kappa shape index (κ3) is 5.42. The van der Waals surface area contributed by atoms with Crippen LogP contribution < -0.4 is 5.32 Å². The fraction of sp³-hybridized carbons (Fsp3) is 0.0800. The molecular formula is C25H20ClNO5. The van der Waals surface area contributed by atoms with Crippen LogP contribution in [0.5, 0.6) is 0 Å². The van der Waals surface area contributed by atoms with Gasteiger partial charge in [0.05, 0.1) is 25.3 Å². The van der Waals surface area contributed by atoms with E-state index in [-0.39, 0.29) is 16.8 Å². The Bertz CT molecular complexity index is 1150. The van der Waals surface area contributed by atoms with Gasteiger partial charge >= 0.3 is 11.9 Å². The molecule has 162 valence electrons. The lowest BCUT2D eigenvalue weighted by Crippen LogP contribution is -2.15. The molecule has 0 aliphatic rings. The molecule has 0 atom stereocenters. The van der Waals surface area contributed by atoms with Crippen LogP contribution in [0.3, 0.4) is 0 Å². The molecule has 0 aliphatic heterocycles. The summed E-state index contributed by atoms with van der Waals surface area (Å²) in [6, 6.07) is 20.4. The summed E-state index contributed by atoms with van der Waals surface area (Å²) >= 11 is 6.28. The summed E-state index contributed by atoms with van der Waals surface area (Å²) in [5, 5.41) is 3.25. The molecule has 1 N–H and O–H groups in total. The van der Waals surface area contributed by atoms with Gasteiger partial charge in [0, 0.05) is 16.3 Å². The van der Waals surface area contributed by atoms with Gasteiger partial charge in [0.15, 0.2) is 0 Å². The number of hydrogen-bond donors (Lipinski definition) is 1. The Morgan fingerprint density at radius 1 is 0.781 bits per heavy atom. The monoisotopic (exact) mass is 449 g/mol. The second-order valence-corrected chi connectivity index (χ2v) is 7.09. The topological polar surface area (TPSA) is 81.7 Å². The zero-order chi connectivity index (χ0) is 23.1. The smallest absolute Gasteiger partial charge is 0.337 e. The highest BCUT2D eigenvalue weighted by atomic mass is 35.5. The van der Waals surface area contributed by atoms with E-state index in [4.69, 9.17) is 21.1 Å². The first kappa shape index (κ1) is 22.8. The summed E-state index contributed by atoms with van der Waals surface area (Å²) < 4.78 is 9.49. The predicted molar refractivity (Wildman–Crippen MR) is 124 cm³/mol. The number of hydrogen-bond acceptors (Lipinski definition) is 5. The Morgan fingerprint density at radius 3 is 1.91 bits per heavy atom. The highest BCUT2D eigenvalue weighted by Crippen LogP contribution is 2.25. The number of amides is 1. The number of anilines is 1. The van der Waals surface area contributed by atoms with Crippen molar-refractivity contribution in [1.82, 2.24) is 0 Å². The molecule has 6 nitrogen and oxygen atoms in total. The van der Waals surface area contributed by atoms with E-state index in [0.717, 1.165) is 0 Å². The third-order valence-corrected chi connectivity index (χ3v) is 4.91. The summed E-state index contributed by atoms with van der Waals surface area (Å²) in [6.07, 6.45) is 1.68. The average molecular weight is 450 g/mol. The van der Waals surface area contributed by atoms with Crippen LogP contribution in [-0.2, 0) is 14.3 Å². The molecular weight excluding hydrogens is 430 g/mol. The van der Waals surface area contributed by atoms with E-state index in [0.29, 0.717) is 21.7 Å². The van der Waals surface area contributed by atoms with Gasteiger partial charge in [-0.25, -0.2) is 9.59 Å². The Labute approximate surface area is 190 Å². The Morgan fingerprint density at radius 2 is 1.34 bits per heavy atom. The van der Waals surface area contributed by atoms with Crippen molar-refractivity contribution in [3.63, 3.8) is 0 Å². The zero-order valence-corrected chi connectivity index (χ0v) is 18.2. The van der Waals surface area contributed by atoms with Crippen molar-refractivity contribution >= 4 is 46.8 Å². The SMILES string of the molecule is COC(=O)c1cc(NC(=O)/C(=C/c2ccccc2Cl)c2ccccc2)cc(C(=O)OC)c1. The molecule has 32 heavy (non-hydrogen) atoms. The van der Waals surface area contributed by atoms with Crippen molar-refractivity contribution in [2.45, 2.75) is 0 Å². The fourth-order valence-corrected chi connectivity index (χ4v) is 3.21. The molecule has 0 bridgehead atoms. The highest BCUT2D eigenvalue weighted by molar-refractivity contribution is 6.34. The molecule has 3 aromatic rings. The second-order valence-electron chi connectivity index (χ2n) is 6.68. The van der Waals surface area contributed by atoms with Crippen LogP contribution in [0, 0.1) is 0 Å². The molecule has 0 aliphatic carbocycles. The van der Waals surface area contributed by atoms with E-state index in [1.54, 1.807) is 36.4 Å². The Hall–Kier alpha value is -3.90. The molecule has 7 heteroatoms. The molecule has 0 aromatic heterocycles. The van der Waals surface area contributed by atoms with Crippen molar-refractivity contribution in [3.05, 3.63) is 100 Å². The lowest BCUT2D eigenvalue weighted by Gasteiger charge is -2.12. The van der Waals surface area contributed by atoms with Gasteiger partial charge in [-0.15, -0.1) is 0 Å². The molecule has 3 aromatic carbocycles. The summed E-state index contributed by atoms with van der Waals surface area (Å²) in [7, 11) is 2.45. The number of esters is 2. The number of benzene rings is 3. The molecule has 0 spiro atoms. The molecule has 0 radical (unpaired) electrons. The van der Waals surface area contributed by atoms with Gasteiger partial charge in [0.1, 0.15) is 0 Å². The molecule has 3 rings (SSSR count). The summed E-state index contributed by atoms with van der Waals surface area (Å²) in [5.41, 5.74) is 2.12. The standard InChI is InChI=1S/C25H20ClNO5/c1-31-24(29)18-12-19(25(30)32-2)14-20(13-18)27-23(28)21(16-8-4-3-5-9-16)15-17-10-6-7-11-22(17)26/h3-15H,1-2H3,(H,27,28)/b21-15+. The summed E-state index contributed by atoms with van der Waals surface area (Å²) in [4.78, 5) is 37.3. The highest BCUT2D eigenvalue weighted by Gasteiger charge is 2.17. The molecule has 0 saturated carbocycles. The predicted octanol–water partition coefficient (Wildman–Crippen LogP) is 5.09. The number of ether oxygens (including phenoxy) is 2. The number of carbonyl (C=O) groups excluding carboxylic acids is 3. The Balaban J connectivity index is 2.04. The molecule has 0 heterocycles. The van der Waals surface area contributed by atoms with Crippen molar-refractivity contribution in [2.24, 2.45) is 0 Å². The normalized spacial score (nSPS) is 10.9. The van der Waals surface area contributed by atoms with Gasteiger partial charge in [-0.3, -0.25) is 4.79 Å². The van der Waals surface area contributed by atoms with Crippen LogP contribution in [0.25, 0.3) is 11.6 Å². The van der Waals surface area contributed by atoms with Crippen LogP contribution in [-0.4, -0.2) is 32.1 Å². The number of nitrogens with one attached hydrogen (secondary N) is 1. The van der Waals surface area contributed by atoms with Crippen LogP contribution in [0.4, 0.5) is 5.69 Å². The van der Waals surface area contributed by atoms with Gasteiger partial charge < -0.3 is 14.8 Å². The van der Waals surface area contributed by atoms with Crippen LogP contribution in [0.1, 0.15) is 31.8 Å². The first-order valence-electron chi connectivity index (χ1n) is 9.57. The first-order valence-corrected chi connectivity index (χ1v) is 9.95. The zero-order valence-electron chi connectivity index (χ0n) is 17.4. The van der Waals surface area contributed by atoms with Crippen molar-refractivity contribution in [1.29, 1.82) is 0 Å². The lowest BCUT2D eigenvalue weighted by molar-refractivity contribution is -0.111. The van der Waals surface area contributed by atoms with Gasteiger partial charge in [-0.2, -0.15) is 0 Å². The van der Waals surface area contributed by atoms with Crippen LogP contribution in [0.2, 0.25) is 5.02 Å². The first-order chi connectivity index (χ1) is 15.4. The van der Waals surface area contributed by atoms with E-state index in [2.05, 4.69) is 5.32 Å². The number of halogens is 1. The maximum atomic E-state index is 13.3. The van der Waals surface area contributed by atoms with Gasteiger partial charge in [0.2, 0.25) is 0 Å². The van der Waals surface area contributed by atoms with E-state index in [9.17, 15) is 14.4 Å². The van der Waals surface area contributed by atoms with Gasteiger partial charge in [-0.1, -0.05) is 60.1 Å². The van der Waals surface area contributed by atoms with Gasteiger partial charge in [0.25, 0.3) is 5.91 Å². The van der Waals surface area contributed by atoms with Crippen molar-refractivity contribution in [3.8, 4) is 0 Å². The Kier molecular flexibility index (Phi) is 7.41. The van der Waals surface area contributed by atoms with Crippen LogP contribution >= 0.6 is 11.6 Å². The molecule has 0 saturated heterocycles. The number of carbonyl (C=O) groups is 3. The third-order valence-electron chi connectivity index (χ3n) is 4.57. The maximum absolute atomic E-state index is 13.3. The average Bonchev–Trinajstić information content (AvgIpc) is 2.82. The van der Waals surface area contributed by atoms with E-state index >= 15 is 0 Å². The lowest BCUT2D eigenvalue weighted by atomic mass is 10.0. The minimum atomic E-state index is -0.652. The number of methoxy groups -OCH3 is 2. The van der Waals surface area contributed by atoms with Crippen LogP contribution in [0.15, 0.2) is 72.8 Å². The molecule has 1 amide bonds. The summed E-state index contributed by atoms with van der Waals surface area (Å²) in [6.45, 7) is 0. The van der Waals surface area contributed by atoms with E-state index in [1.807, 2.05) is 24.3 Å². The largest absolute Gasteiger partial charge is 0.465 e. The van der Waals surface area contributed by atoms with Gasteiger partial charge in [-0.05, 0) is 41.5 Å². The quantitative estimate of drug-likeness (QED) is 0.322. The molecule has 0 fully saturated rings. The summed E-state index contributed by atoms with van der Waals surface area (Å²) in [5.74, 6) is -1.75. The fourth-order valence-electron chi connectivity index (χ4n) is 3.01. The van der Waals surface area contributed by atoms with E-state index in [1.165, 1.54) is 32.4 Å². The van der Waals surface area contributed by atoms with Crippen molar-refractivity contribution < 1.29 is 23.9 Å².